The summed E-state index contributed by atoms with van der Waals surface area (Å²) in [5.41, 5.74) is 0. The second-order valence-electron chi connectivity index (χ2n) is 13.2. The Morgan fingerprint density at radius 3 is 1.32 bits per heavy atom. The summed E-state index contributed by atoms with van der Waals surface area (Å²) in [7, 11) is -4.15. The van der Waals surface area contributed by atoms with E-state index in [4.69, 9.17) is 25.9 Å². The molecule has 0 spiro atoms. The van der Waals surface area contributed by atoms with Gasteiger partial charge in [-0.1, -0.05) is 26.4 Å². The number of rotatable bonds is 19. The van der Waals surface area contributed by atoms with Crippen molar-refractivity contribution in [2.75, 3.05) is 34.7 Å². The first-order valence-corrected chi connectivity index (χ1v) is 31.2. The second kappa shape index (κ2) is 21.8. The monoisotopic (exact) mass is 749 g/mol. The molecule has 14 heteroatoms. The van der Waals surface area contributed by atoms with Crippen LogP contribution in [0.5, 0.6) is 0 Å². The molecule has 0 aromatic heterocycles. The van der Waals surface area contributed by atoms with Gasteiger partial charge in [0.05, 0.1) is 6.23 Å². The number of aliphatic hydroxyl groups excluding tert-OH is 1. The van der Waals surface area contributed by atoms with Crippen molar-refractivity contribution < 1.29 is 63.8 Å². The van der Waals surface area contributed by atoms with Gasteiger partial charge in [-0.3, -0.25) is 0 Å². The summed E-state index contributed by atoms with van der Waals surface area (Å²) < 4.78 is 35.0. The molecule has 1 unspecified atom stereocenters. The van der Waals surface area contributed by atoms with Crippen LogP contribution in [0.1, 0.15) is 20.8 Å². The molecule has 0 aliphatic heterocycles. The van der Waals surface area contributed by atoms with Crippen molar-refractivity contribution in [2.45, 2.75) is 116 Å². The van der Waals surface area contributed by atoms with Crippen molar-refractivity contribution in [3.8, 4) is 0 Å². The zero-order valence-electron chi connectivity index (χ0n) is 28.1. The molecule has 0 aliphatic rings. The Bertz CT molecular complexity index is 624. The van der Waals surface area contributed by atoms with Crippen LogP contribution in [0.25, 0.3) is 0 Å². The fourth-order valence-corrected chi connectivity index (χ4v) is 30.5. The van der Waals surface area contributed by atoms with Crippen LogP contribution in [-0.4, -0.2) is 90.2 Å². The van der Waals surface area contributed by atoms with Crippen LogP contribution in [0, 0.1) is 19.8 Å². The van der Waals surface area contributed by atoms with Gasteiger partial charge in [0.1, 0.15) is 0 Å². The minimum atomic E-state index is -2.42. The zero-order valence-corrected chi connectivity index (χ0v) is 37.0. The van der Waals surface area contributed by atoms with Crippen molar-refractivity contribution in [1.82, 2.24) is 0 Å². The summed E-state index contributed by atoms with van der Waals surface area (Å²) in [6, 6.07) is 6.12. The minimum absolute atomic E-state index is 0. The van der Waals surface area contributed by atoms with Gasteiger partial charge in [0.25, 0.3) is 0 Å². The quantitative estimate of drug-likeness (QED) is 0.107. The largest absolute Gasteiger partial charge is 0.456 e. The van der Waals surface area contributed by atoms with Crippen LogP contribution < -0.4 is 0 Å². The smallest absolute Gasteiger partial charge is 0.363 e. The Labute approximate surface area is 282 Å². The maximum Gasteiger partial charge on any atom is 0.363 e. The number of aliphatic hydroxyl groups is 1. The van der Waals surface area contributed by atoms with Crippen LogP contribution in [0.4, 0.5) is 0 Å². The summed E-state index contributed by atoms with van der Waals surface area (Å²) in [5, 5.41) is 9.51. The molecular formula is C26H68O7Si6Y-2. The SMILES string of the molecule is C.[CH2-]C(C)C[Si](C)(C)O[Si](C)(C)CC[Si](CO)(OC)OC.[CH2-]CC[Si](C)(C)O[Si](C)(C)CC[Si](C)(OC)OC.[Y]. The fraction of sp³-hybridized carbons (Fsp3) is 0.923. The molecule has 0 aromatic carbocycles. The molecule has 0 aromatic rings. The first-order chi connectivity index (χ1) is 17.1. The van der Waals surface area contributed by atoms with E-state index in [9.17, 15) is 5.11 Å². The molecule has 0 aliphatic carbocycles. The third kappa shape index (κ3) is 22.6. The molecule has 0 rings (SSSR count). The molecular weight excluding hydrogens is 682 g/mol. The molecule has 0 saturated heterocycles. The summed E-state index contributed by atoms with van der Waals surface area (Å²) in [6.07, 6.45) is 0.980. The molecule has 0 saturated carbocycles. The fourth-order valence-electron chi connectivity index (χ4n) is 4.76. The predicted octanol–water partition coefficient (Wildman–Crippen LogP) is 7.79. The maximum atomic E-state index is 9.51. The number of hydrogen-bond donors (Lipinski definition) is 1. The van der Waals surface area contributed by atoms with Crippen LogP contribution in [0.2, 0.25) is 95.2 Å². The Morgan fingerprint density at radius 1 is 0.625 bits per heavy atom. The molecule has 0 bridgehead atoms. The van der Waals surface area contributed by atoms with Crippen molar-refractivity contribution in [3.63, 3.8) is 0 Å². The van der Waals surface area contributed by atoms with Crippen LogP contribution in [-0.2, 0) is 58.6 Å². The normalized spacial score (nSPS) is 14.0. The van der Waals surface area contributed by atoms with Crippen molar-refractivity contribution in [1.29, 1.82) is 0 Å². The first-order valence-electron chi connectivity index (χ1n) is 14.0. The summed E-state index contributed by atoms with van der Waals surface area (Å²) in [4.78, 5) is 0. The standard InChI is InChI=1S/C13H33O4Si3.C12H31O3Si3.CH4.Y/c1-13(2)11-19(7,8)17-18(5,6)9-10-20(12-14,15-3)16-4;1-9-10-16(4,5)15-17(6,7)11-12-18(8,13-2)14-3;;/h13-14H,1,9-12H2,2-8H3;1,9-12H2,2-8H3;1H4;/q2*-1;;. The molecule has 0 heterocycles. The average molecular weight is 750 g/mol. The van der Waals surface area contributed by atoms with Crippen molar-refractivity contribution in [2.24, 2.45) is 5.92 Å². The number of hydrogen-bond acceptors (Lipinski definition) is 7. The molecule has 1 radical (unpaired) electrons. The average Bonchev–Trinajstić information content (AvgIpc) is 2.77. The van der Waals surface area contributed by atoms with Crippen LogP contribution in [0.3, 0.4) is 0 Å². The van der Waals surface area contributed by atoms with Crippen molar-refractivity contribution in [3.05, 3.63) is 13.8 Å². The van der Waals surface area contributed by atoms with Gasteiger partial charge in [-0.15, -0.1) is 0 Å². The molecule has 0 fully saturated rings. The Hall–Kier alpha value is 2.13. The van der Waals surface area contributed by atoms with Gasteiger partial charge < -0.3 is 44.9 Å². The van der Waals surface area contributed by atoms with E-state index in [1.807, 2.05) is 0 Å². The van der Waals surface area contributed by atoms with E-state index in [1.165, 1.54) is 0 Å². The van der Waals surface area contributed by atoms with Crippen LogP contribution in [0.15, 0.2) is 0 Å². The van der Waals surface area contributed by atoms with Gasteiger partial charge in [0.15, 0.2) is 33.3 Å². The van der Waals surface area contributed by atoms with Crippen LogP contribution >= 0.6 is 0 Å². The van der Waals surface area contributed by atoms with E-state index >= 15 is 0 Å². The molecule has 0 amide bonds. The molecule has 1 N–H and O–H groups in total. The topological polar surface area (TPSA) is 75.6 Å². The molecule has 1 atom stereocenters. The van der Waals surface area contributed by atoms with E-state index in [2.05, 4.69) is 79.7 Å². The van der Waals surface area contributed by atoms with Gasteiger partial charge in [-0.25, -0.2) is 0 Å². The van der Waals surface area contributed by atoms with Gasteiger partial charge in [-0.05, 0) is 83.1 Å². The third-order valence-electron chi connectivity index (χ3n) is 6.86. The summed E-state index contributed by atoms with van der Waals surface area (Å²) >= 11 is 0. The van der Waals surface area contributed by atoms with E-state index in [-0.39, 0.29) is 46.4 Å². The molecule has 243 valence electrons. The Kier molecular flexibility index (Phi) is 26.7. The van der Waals surface area contributed by atoms with E-state index in [1.54, 1.807) is 28.4 Å². The molecule has 40 heavy (non-hydrogen) atoms. The summed E-state index contributed by atoms with van der Waals surface area (Å²) in [6.45, 7) is 30.6. The summed E-state index contributed by atoms with van der Waals surface area (Å²) in [5.74, 6) is 0.435. The van der Waals surface area contributed by atoms with E-state index in [0.29, 0.717) is 5.92 Å². The van der Waals surface area contributed by atoms with Crippen molar-refractivity contribution >= 4 is 50.4 Å². The van der Waals surface area contributed by atoms with Gasteiger partial charge in [-0.2, -0.15) is 12.3 Å². The van der Waals surface area contributed by atoms with E-state index in [0.717, 1.165) is 42.7 Å². The Morgan fingerprint density at radius 2 is 1.00 bits per heavy atom. The first kappa shape index (κ1) is 49.0. The maximum absolute atomic E-state index is 9.51. The van der Waals surface area contributed by atoms with Gasteiger partial charge in [0, 0.05) is 61.1 Å². The Balaban J connectivity index is -0.000000310. The van der Waals surface area contributed by atoms with Gasteiger partial charge in [0.2, 0.25) is 0 Å². The second-order valence-corrected chi connectivity index (χ2v) is 37.8. The predicted molar refractivity (Wildman–Crippen MR) is 185 cm³/mol. The van der Waals surface area contributed by atoms with Gasteiger partial charge >= 0.3 is 17.1 Å². The van der Waals surface area contributed by atoms with E-state index < -0.39 is 50.4 Å². The molecule has 7 nitrogen and oxygen atoms in total. The third-order valence-corrected chi connectivity index (χ3v) is 28.7. The zero-order chi connectivity index (χ0) is 30.5. The minimum Gasteiger partial charge on any atom is -0.456 e.